The van der Waals surface area contributed by atoms with Crippen LogP contribution in [0.2, 0.25) is 20.1 Å². The molecule has 1 unspecified atom stereocenters. The van der Waals surface area contributed by atoms with Crippen molar-refractivity contribution in [2.24, 2.45) is 0 Å². The van der Waals surface area contributed by atoms with E-state index in [2.05, 4.69) is 5.32 Å². The molecule has 3 aromatic rings. The summed E-state index contributed by atoms with van der Waals surface area (Å²) in [4.78, 5) is 28.6. The lowest BCUT2D eigenvalue weighted by molar-refractivity contribution is -0.140. The van der Waals surface area contributed by atoms with Gasteiger partial charge in [-0.2, -0.15) is 0 Å². The number of anilines is 1. The molecule has 7 nitrogen and oxygen atoms in total. The number of carbonyl (C=O) groups is 2. The van der Waals surface area contributed by atoms with E-state index in [0.717, 1.165) is 16.1 Å². The van der Waals surface area contributed by atoms with E-state index in [1.165, 1.54) is 29.2 Å². The van der Waals surface area contributed by atoms with E-state index in [-0.39, 0.29) is 34.6 Å². The molecule has 0 saturated heterocycles. The SMILES string of the molecule is CCNC(=O)C(Cc1ccccc1)N(Cc1ccc(Cl)cc1Cl)C(=O)CN(c1ccc(Cl)c(Cl)c1)S(C)(=O)=O. The topological polar surface area (TPSA) is 86.8 Å². The summed E-state index contributed by atoms with van der Waals surface area (Å²) in [5.41, 5.74) is 1.51. The lowest BCUT2D eigenvalue weighted by Crippen LogP contribution is -2.53. The van der Waals surface area contributed by atoms with Gasteiger partial charge in [-0.1, -0.05) is 82.8 Å². The third-order valence-electron chi connectivity index (χ3n) is 5.85. The molecule has 0 heterocycles. The molecule has 3 rings (SSSR count). The van der Waals surface area contributed by atoms with Crippen LogP contribution in [0.4, 0.5) is 5.69 Å². The second-order valence-electron chi connectivity index (χ2n) is 8.73. The van der Waals surface area contributed by atoms with Crippen LogP contribution in [0.1, 0.15) is 18.1 Å². The Hall–Kier alpha value is -2.49. The monoisotopic (exact) mass is 629 g/mol. The van der Waals surface area contributed by atoms with Crippen molar-refractivity contribution in [1.82, 2.24) is 10.2 Å². The van der Waals surface area contributed by atoms with Crippen molar-refractivity contribution in [2.75, 3.05) is 23.7 Å². The molecule has 0 aliphatic carbocycles. The van der Waals surface area contributed by atoms with E-state index in [0.29, 0.717) is 22.2 Å². The molecule has 0 aromatic heterocycles. The predicted molar refractivity (Wildman–Crippen MR) is 158 cm³/mol. The maximum atomic E-state index is 14.0. The zero-order chi connectivity index (χ0) is 28.7. The third-order valence-corrected chi connectivity index (χ3v) is 8.31. The van der Waals surface area contributed by atoms with E-state index >= 15 is 0 Å². The second-order valence-corrected chi connectivity index (χ2v) is 12.3. The fraction of sp³-hybridized carbons (Fsp3) is 0.259. The van der Waals surface area contributed by atoms with E-state index < -0.39 is 28.5 Å². The molecule has 0 radical (unpaired) electrons. The molecule has 1 atom stereocenters. The number of sulfonamides is 1. The minimum absolute atomic E-state index is 0.0670. The van der Waals surface area contributed by atoms with Crippen LogP contribution in [0.5, 0.6) is 0 Å². The van der Waals surface area contributed by atoms with E-state index in [1.807, 2.05) is 30.3 Å². The van der Waals surface area contributed by atoms with Gasteiger partial charge in [0.25, 0.3) is 0 Å². The van der Waals surface area contributed by atoms with Crippen molar-refractivity contribution in [1.29, 1.82) is 0 Å². The zero-order valence-electron chi connectivity index (χ0n) is 21.2. The quantitative estimate of drug-likeness (QED) is 0.288. The van der Waals surface area contributed by atoms with E-state index in [4.69, 9.17) is 46.4 Å². The van der Waals surface area contributed by atoms with Crippen LogP contribution in [-0.2, 0) is 32.6 Å². The number of nitrogens with zero attached hydrogens (tertiary/aromatic N) is 2. The molecule has 0 aliphatic heterocycles. The smallest absolute Gasteiger partial charge is 0.244 e. The zero-order valence-corrected chi connectivity index (χ0v) is 25.0. The van der Waals surface area contributed by atoms with Gasteiger partial charge in [-0.15, -0.1) is 0 Å². The number of hydrogen-bond acceptors (Lipinski definition) is 4. The lowest BCUT2D eigenvalue weighted by Gasteiger charge is -2.33. The number of carbonyl (C=O) groups excluding carboxylic acids is 2. The number of halogens is 4. The molecule has 0 fully saturated rings. The minimum Gasteiger partial charge on any atom is -0.355 e. The van der Waals surface area contributed by atoms with Gasteiger partial charge in [0, 0.05) is 29.6 Å². The lowest BCUT2D eigenvalue weighted by atomic mass is 10.0. The maximum absolute atomic E-state index is 14.0. The van der Waals surface area contributed by atoms with Gasteiger partial charge >= 0.3 is 0 Å². The minimum atomic E-state index is -3.94. The third kappa shape index (κ3) is 8.50. The molecule has 208 valence electrons. The van der Waals surface area contributed by atoms with Crippen LogP contribution in [0.25, 0.3) is 0 Å². The van der Waals surface area contributed by atoms with Gasteiger partial charge in [0.1, 0.15) is 12.6 Å². The van der Waals surface area contributed by atoms with Crippen molar-refractivity contribution in [3.05, 3.63) is 97.9 Å². The molecular formula is C27H27Cl4N3O4S. The Morgan fingerprint density at radius 1 is 0.897 bits per heavy atom. The highest BCUT2D eigenvalue weighted by molar-refractivity contribution is 7.92. The van der Waals surface area contributed by atoms with Crippen molar-refractivity contribution in [3.63, 3.8) is 0 Å². The Kier molecular flexibility index (Phi) is 10.9. The summed E-state index contributed by atoms with van der Waals surface area (Å²) in [7, 11) is -3.94. The summed E-state index contributed by atoms with van der Waals surface area (Å²) in [5, 5.41) is 3.87. The van der Waals surface area contributed by atoms with Gasteiger partial charge in [0.15, 0.2) is 0 Å². The highest BCUT2D eigenvalue weighted by Gasteiger charge is 2.33. The van der Waals surface area contributed by atoms with Gasteiger partial charge in [-0.25, -0.2) is 8.42 Å². The van der Waals surface area contributed by atoms with Crippen LogP contribution < -0.4 is 9.62 Å². The Bertz CT molecular complexity index is 1440. The molecule has 0 aliphatic rings. The van der Waals surface area contributed by atoms with Gasteiger partial charge in [-0.3, -0.25) is 13.9 Å². The first-order valence-corrected chi connectivity index (χ1v) is 15.2. The molecule has 0 bridgehead atoms. The van der Waals surface area contributed by atoms with Crippen molar-refractivity contribution < 1.29 is 18.0 Å². The van der Waals surface area contributed by atoms with Crippen LogP contribution in [-0.4, -0.2) is 50.5 Å². The Labute approximate surface area is 248 Å². The number of likely N-dealkylation sites (N-methyl/N-ethyl adjacent to an activating group) is 1. The number of nitrogens with one attached hydrogen (secondary N) is 1. The maximum Gasteiger partial charge on any atom is 0.244 e. The molecule has 2 amide bonds. The van der Waals surface area contributed by atoms with Gasteiger partial charge in [-0.05, 0) is 48.4 Å². The first-order chi connectivity index (χ1) is 18.4. The van der Waals surface area contributed by atoms with Crippen LogP contribution in [0.15, 0.2) is 66.7 Å². The first kappa shape index (κ1) is 31.0. The molecule has 0 saturated carbocycles. The molecule has 0 spiro atoms. The van der Waals surface area contributed by atoms with Gasteiger partial charge in [0.2, 0.25) is 21.8 Å². The summed E-state index contributed by atoms with van der Waals surface area (Å²) in [6.45, 7) is 1.46. The summed E-state index contributed by atoms with van der Waals surface area (Å²) < 4.78 is 26.5. The second kappa shape index (κ2) is 13.7. The fourth-order valence-electron chi connectivity index (χ4n) is 3.93. The van der Waals surface area contributed by atoms with Gasteiger partial charge < -0.3 is 10.2 Å². The summed E-state index contributed by atoms with van der Waals surface area (Å²) in [5.74, 6) is -1.01. The van der Waals surface area contributed by atoms with E-state index in [9.17, 15) is 18.0 Å². The number of rotatable bonds is 11. The Balaban J connectivity index is 2.07. The molecule has 12 heteroatoms. The van der Waals surface area contributed by atoms with Gasteiger partial charge in [0.05, 0.1) is 22.0 Å². The number of benzene rings is 3. The highest BCUT2D eigenvalue weighted by atomic mass is 35.5. The van der Waals surface area contributed by atoms with Crippen molar-refractivity contribution >= 4 is 73.9 Å². The normalized spacial score (nSPS) is 12.1. The van der Waals surface area contributed by atoms with Crippen molar-refractivity contribution in [3.8, 4) is 0 Å². The van der Waals surface area contributed by atoms with Crippen molar-refractivity contribution in [2.45, 2.75) is 25.9 Å². The standard InChI is InChI=1S/C27H27Cl4N3O4S/c1-3-32-27(36)25(13-18-7-5-4-6-8-18)33(16-19-9-10-20(28)14-23(19)30)26(35)17-34(39(2,37)38)21-11-12-22(29)24(31)15-21/h4-12,14-15,25H,3,13,16-17H2,1-2H3,(H,32,36). The van der Waals surface area contributed by atoms with E-state index in [1.54, 1.807) is 19.1 Å². The molecule has 3 aromatic carbocycles. The summed E-state index contributed by atoms with van der Waals surface area (Å²) in [6, 6.07) is 17.3. The average Bonchev–Trinajstić information content (AvgIpc) is 2.87. The highest BCUT2D eigenvalue weighted by Crippen LogP contribution is 2.29. The molecule has 1 N–H and O–H groups in total. The largest absolute Gasteiger partial charge is 0.355 e. The fourth-order valence-corrected chi connectivity index (χ4v) is 5.54. The number of amides is 2. The Morgan fingerprint density at radius 2 is 1.59 bits per heavy atom. The number of hydrogen-bond donors (Lipinski definition) is 1. The van der Waals surface area contributed by atoms with Crippen LogP contribution in [0.3, 0.4) is 0 Å². The Morgan fingerprint density at radius 3 is 2.18 bits per heavy atom. The summed E-state index contributed by atoms with van der Waals surface area (Å²) in [6.07, 6.45) is 1.17. The first-order valence-electron chi connectivity index (χ1n) is 11.9. The predicted octanol–water partition coefficient (Wildman–Crippen LogP) is 5.84. The summed E-state index contributed by atoms with van der Waals surface area (Å²) >= 11 is 24.6. The average molecular weight is 631 g/mol. The van der Waals surface area contributed by atoms with Crippen LogP contribution in [0, 0.1) is 0 Å². The molecular weight excluding hydrogens is 604 g/mol. The van der Waals surface area contributed by atoms with Crippen LogP contribution >= 0.6 is 46.4 Å². The molecule has 39 heavy (non-hydrogen) atoms.